The summed E-state index contributed by atoms with van der Waals surface area (Å²) in [7, 11) is 1.66. The Balaban J connectivity index is 1.60. The molecule has 6 heteroatoms. The summed E-state index contributed by atoms with van der Waals surface area (Å²) in [6, 6.07) is 11.4. The van der Waals surface area contributed by atoms with Gasteiger partial charge in [0.05, 0.1) is 28.9 Å². The Labute approximate surface area is 157 Å². The van der Waals surface area contributed by atoms with Crippen LogP contribution in [0.5, 0.6) is 5.75 Å². The highest BCUT2D eigenvalue weighted by molar-refractivity contribution is 6.38. The predicted molar refractivity (Wildman–Crippen MR) is 102 cm³/mol. The van der Waals surface area contributed by atoms with Gasteiger partial charge in [-0.25, -0.2) is 0 Å². The zero-order chi connectivity index (χ0) is 18.0. The molecule has 2 aromatic rings. The minimum atomic E-state index is -0.691. The first-order chi connectivity index (χ1) is 11.9. The molecule has 1 unspecified atom stereocenters. The monoisotopic (exact) mass is 380 g/mol. The molecule has 0 amide bonds. The fraction of sp³-hybridized carbons (Fsp3) is 0.368. The number of ether oxygens (including phenoxy) is 1. The number of nitrogen functional groups attached to an aromatic ring is 1. The lowest BCUT2D eigenvalue weighted by molar-refractivity contribution is 0.168. The second-order valence-electron chi connectivity index (χ2n) is 6.60. The number of nitrogens with two attached hydrogens (primary N) is 1. The Hall–Kier alpha value is -1.46. The fourth-order valence-electron chi connectivity index (χ4n) is 2.93. The fourth-order valence-corrected chi connectivity index (χ4v) is 3.43. The lowest BCUT2D eigenvalue weighted by Gasteiger charge is -2.21. The molecule has 25 heavy (non-hydrogen) atoms. The summed E-state index contributed by atoms with van der Waals surface area (Å²) in [6.45, 7) is 0.437. The first-order valence-corrected chi connectivity index (χ1v) is 8.98. The third-order valence-electron chi connectivity index (χ3n) is 4.71. The molecule has 0 radical (unpaired) electrons. The average Bonchev–Trinajstić information content (AvgIpc) is 3.37. The lowest BCUT2D eigenvalue weighted by atomic mass is 10.0. The van der Waals surface area contributed by atoms with E-state index in [1.54, 1.807) is 19.2 Å². The molecule has 0 aromatic heterocycles. The van der Waals surface area contributed by atoms with Crippen molar-refractivity contribution in [2.75, 3.05) is 19.4 Å². The van der Waals surface area contributed by atoms with Crippen LogP contribution in [0, 0.1) is 0 Å². The summed E-state index contributed by atoms with van der Waals surface area (Å²) in [6.07, 6.45) is 2.42. The van der Waals surface area contributed by atoms with E-state index in [0.717, 1.165) is 25.0 Å². The standard InChI is InChI=1S/C19H22Cl2N2O2/c1-25-14-4-2-12(3-5-14)10-19(6-7-19)23-11-17(24)13-8-15(20)18(22)16(21)9-13/h2-5,8-9,17,23-24H,6-7,10-11,22H2,1H3. The van der Waals surface area contributed by atoms with Crippen molar-refractivity contribution in [1.82, 2.24) is 5.32 Å². The predicted octanol–water partition coefficient (Wildman–Crippen LogP) is 3.98. The zero-order valence-corrected chi connectivity index (χ0v) is 15.6. The van der Waals surface area contributed by atoms with Crippen LogP contribution in [0.4, 0.5) is 5.69 Å². The van der Waals surface area contributed by atoms with E-state index in [0.29, 0.717) is 27.8 Å². The van der Waals surface area contributed by atoms with Crippen LogP contribution in [-0.2, 0) is 6.42 Å². The van der Waals surface area contributed by atoms with E-state index in [1.165, 1.54) is 5.56 Å². The summed E-state index contributed by atoms with van der Waals surface area (Å²) in [5.74, 6) is 0.856. The first-order valence-electron chi connectivity index (χ1n) is 8.23. The van der Waals surface area contributed by atoms with Crippen molar-refractivity contribution in [1.29, 1.82) is 0 Å². The van der Waals surface area contributed by atoms with E-state index >= 15 is 0 Å². The maximum Gasteiger partial charge on any atom is 0.118 e. The summed E-state index contributed by atoms with van der Waals surface area (Å²) < 4.78 is 5.19. The number of aliphatic hydroxyl groups excluding tert-OH is 1. The van der Waals surface area contributed by atoms with Gasteiger partial charge in [-0.2, -0.15) is 0 Å². The minimum Gasteiger partial charge on any atom is -0.497 e. The molecule has 134 valence electrons. The maximum atomic E-state index is 10.4. The van der Waals surface area contributed by atoms with Gasteiger partial charge in [0, 0.05) is 12.1 Å². The summed E-state index contributed by atoms with van der Waals surface area (Å²) in [5.41, 5.74) is 8.04. The van der Waals surface area contributed by atoms with Gasteiger partial charge in [0.15, 0.2) is 0 Å². The van der Waals surface area contributed by atoms with E-state index in [2.05, 4.69) is 17.4 Å². The topological polar surface area (TPSA) is 67.5 Å². The molecule has 1 aliphatic rings. The van der Waals surface area contributed by atoms with Gasteiger partial charge in [-0.15, -0.1) is 0 Å². The van der Waals surface area contributed by atoms with Gasteiger partial charge >= 0.3 is 0 Å². The molecule has 2 aromatic carbocycles. The van der Waals surface area contributed by atoms with Crippen molar-refractivity contribution in [3.8, 4) is 5.75 Å². The number of halogens is 2. The highest BCUT2D eigenvalue weighted by Gasteiger charge is 2.42. The lowest BCUT2D eigenvalue weighted by Crippen LogP contribution is -2.36. The minimum absolute atomic E-state index is 0.0525. The number of hydrogen-bond donors (Lipinski definition) is 3. The molecule has 0 bridgehead atoms. The number of benzene rings is 2. The molecular weight excluding hydrogens is 359 g/mol. The van der Waals surface area contributed by atoms with Gasteiger partial charge in [0.1, 0.15) is 5.75 Å². The second kappa shape index (κ2) is 7.42. The van der Waals surface area contributed by atoms with Gasteiger partial charge in [0.25, 0.3) is 0 Å². The number of methoxy groups -OCH3 is 1. The number of hydrogen-bond acceptors (Lipinski definition) is 4. The van der Waals surface area contributed by atoms with Crippen LogP contribution in [0.15, 0.2) is 36.4 Å². The molecule has 0 saturated heterocycles. The van der Waals surface area contributed by atoms with Crippen LogP contribution in [0.25, 0.3) is 0 Å². The van der Waals surface area contributed by atoms with Crippen LogP contribution in [-0.4, -0.2) is 24.3 Å². The Bertz CT molecular complexity index is 723. The number of β-amino-alcohol motifs (C(OH)–C–C–N with tert-alkyl or cyclic N) is 1. The van der Waals surface area contributed by atoms with Crippen molar-refractivity contribution >= 4 is 28.9 Å². The zero-order valence-electron chi connectivity index (χ0n) is 14.1. The quantitative estimate of drug-likeness (QED) is 0.635. The molecule has 1 atom stereocenters. The van der Waals surface area contributed by atoms with E-state index in [1.807, 2.05) is 12.1 Å². The van der Waals surface area contributed by atoms with Crippen molar-refractivity contribution in [2.45, 2.75) is 30.9 Å². The third kappa shape index (κ3) is 4.39. The van der Waals surface area contributed by atoms with E-state index in [4.69, 9.17) is 33.7 Å². The van der Waals surface area contributed by atoms with Crippen LogP contribution in [0.1, 0.15) is 30.1 Å². The van der Waals surface area contributed by atoms with Crippen LogP contribution in [0.2, 0.25) is 10.0 Å². The molecule has 4 N–H and O–H groups in total. The molecule has 1 aliphatic carbocycles. The van der Waals surface area contributed by atoms with Crippen molar-refractivity contribution < 1.29 is 9.84 Å². The number of rotatable bonds is 7. The molecule has 4 nitrogen and oxygen atoms in total. The molecule has 3 rings (SSSR count). The summed E-state index contributed by atoms with van der Waals surface area (Å²) >= 11 is 12.1. The maximum absolute atomic E-state index is 10.4. The average molecular weight is 381 g/mol. The van der Waals surface area contributed by atoms with Gasteiger partial charge < -0.3 is 20.9 Å². The highest BCUT2D eigenvalue weighted by atomic mass is 35.5. The molecule has 1 fully saturated rings. The van der Waals surface area contributed by atoms with Crippen LogP contribution >= 0.6 is 23.2 Å². The Morgan fingerprint density at radius 1 is 1.20 bits per heavy atom. The van der Waals surface area contributed by atoms with E-state index in [9.17, 15) is 5.11 Å². The van der Waals surface area contributed by atoms with Crippen molar-refractivity contribution in [3.05, 3.63) is 57.6 Å². The van der Waals surface area contributed by atoms with Gasteiger partial charge in [-0.05, 0) is 54.7 Å². The molecule has 1 saturated carbocycles. The second-order valence-corrected chi connectivity index (χ2v) is 7.41. The third-order valence-corrected chi connectivity index (χ3v) is 5.34. The smallest absolute Gasteiger partial charge is 0.118 e. The van der Waals surface area contributed by atoms with Gasteiger partial charge in [-0.3, -0.25) is 0 Å². The number of anilines is 1. The molecular formula is C19H22Cl2N2O2. The summed E-state index contributed by atoms with van der Waals surface area (Å²) in [4.78, 5) is 0. The SMILES string of the molecule is COc1ccc(CC2(NCC(O)c3cc(Cl)c(N)c(Cl)c3)CC2)cc1. The van der Waals surface area contributed by atoms with Crippen molar-refractivity contribution in [2.24, 2.45) is 0 Å². The van der Waals surface area contributed by atoms with E-state index < -0.39 is 6.10 Å². The normalized spacial score (nSPS) is 16.5. The Kier molecular flexibility index (Phi) is 5.44. The van der Waals surface area contributed by atoms with Crippen LogP contribution < -0.4 is 15.8 Å². The molecule has 0 aliphatic heterocycles. The Morgan fingerprint density at radius 3 is 2.32 bits per heavy atom. The van der Waals surface area contributed by atoms with E-state index in [-0.39, 0.29) is 5.54 Å². The largest absolute Gasteiger partial charge is 0.497 e. The summed E-state index contributed by atoms with van der Waals surface area (Å²) in [5, 5.41) is 14.7. The van der Waals surface area contributed by atoms with Crippen LogP contribution in [0.3, 0.4) is 0 Å². The molecule has 0 spiro atoms. The Morgan fingerprint density at radius 2 is 1.80 bits per heavy atom. The van der Waals surface area contributed by atoms with Gasteiger partial charge in [-0.1, -0.05) is 35.3 Å². The highest BCUT2D eigenvalue weighted by Crippen LogP contribution is 2.39. The number of aliphatic hydroxyl groups is 1. The number of nitrogens with one attached hydrogen (secondary N) is 1. The molecule has 0 heterocycles. The first kappa shape index (κ1) is 18.3. The van der Waals surface area contributed by atoms with Crippen molar-refractivity contribution in [3.63, 3.8) is 0 Å². The van der Waals surface area contributed by atoms with Gasteiger partial charge in [0.2, 0.25) is 0 Å².